The van der Waals surface area contributed by atoms with Gasteiger partial charge in [-0.1, -0.05) is 24.3 Å². The first-order chi connectivity index (χ1) is 10.2. The van der Waals surface area contributed by atoms with Gasteiger partial charge in [0, 0.05) is 30.8 Å². The van der Waals surface area contributed by atoms with Crippen molar-refractivity contribution >= 4 is 5.78 Å². The van der Waals surface area contributed by atoms with Crippen LogP contribution in [-0.2, 0) is 19.6 Å². The number of rotatable bonds is 4. The minimum absolute atomic E-state index is 0.0867. The van der Waals surface area contributed by atoms with Crippen LogP contribution in [0.2, 0.25) is 0 Å². The lowest BCUT2D eigenvalue weighted by Gasteiger charge is -2.17. The molecule has 0 saturated heterocycles. The number of hydrogen-bond acceptors (Lipinski definition) is 3. The molecule has 0 unspecified atom stereocenters. The Morgan fingerprint density at radius 2 is 1.81 bits per heavy atom. The molecule has 2 aromatic carbocycles. The highest BCUT2D eigenvalue weighted by molar-refractivity contribution is 5.94. The highest BCUT2D eigenvalue weighted by Crippen LogP contribution is 2.27. The molecular formula is C18H19NO2. The van der Waals surface area contributed by atoms with E-state index in [9.17, 15) is 4.79 Å². The summed E-state index contributed by atoms with van der Waals surface area (Å²) >= 11 is 0. The Kier molecular flexibility index (Phi) is 3.76. The summed E-state index contributed by atoms with van der Waals surface area (Å²) in [6.45, 7) is 4.28. The maximum absolute atomic E-state index is 11.6. The minimum atomic E-state index is 0.0867. The zero-order chi connectivity index (χ0) is 14.8. The lowest BCUT2D eigenvalue weighted by Crippen LogP contribution is -2.16. The molecule has 0 saturated carbocycles. The van der Waals surface area contributed by atoms with Crippen molar-refractivity contribution in [3.63, 3.8) is 0 Å². The number of Topliss-reactive ketones (excluding diaryl/α,β-unsaturated/α-hetero) is 1. The summed E-state index contributed by atoms with van der Waals surface area (Å²) in [4.78, 5) is 13.9. The number of hydrogen-bond donors (Lipinski definition) is 0. The van der Waals surface area contributed by atoms with Crippen molar-refractivity contribution in [2.24, 2.45) is 0 Å². The van der Waals surface area contributed by atoms with E-state index in [2.05, 4.69) is 29.2 Å². The topological polar surface area (TPSA) is 29.5 Å². The van der Waals surface area contributed by atoms with Crippen molar-refractivity contribution < 1.29 is 9.53 Å². The van der Waals surface area contributed by atoms with Crippen LogP contribution in [0.25, 0.3) is 0 Å². The predicted octanol–water partition coefficient (Wildman–Crippen LogP) is 3.41. The first-order valence-electron chi connectivity index (χ1n) is 7.14. The van der Waals surface area contributed by atoms with E-state index in [0.29, 0.717) is 0 Å². The molecule has 0 N–H and O–H groups in total. The van der Waals surface area contributed by atoms with Crippen LogP contribution in [-0.4, -0.2) is 17.8 Å². The van der Waals surface area contributed by atoms with Gasteiger partial charge in [0.2, 0.25) is 0 Å². The molecule has 1 aliphatic heterocycles. The molecule has 2 aromatic rings. The van der Waals surface area contributed by atoms with Gasteiger partial charge in [-0.25, -0.2) is 0 Å². The van der Waals surface area contributed by atoms with E-state index in [1.807, 2.05) is 18.2 Å². The molecule has 3 rings (SSSR count). The third kappa shape index (κ3) is 2.83. The van der Waals surface area contributed by atoms with Gasteiger partial charge in [-0.3, -0.25) is 9.69 Å². The van der Waals surface area contributed by atoms with Crippen LogP contribution < -0.4 is 4.74 Å². The first kappa shape index (κ1) is 13.8. The van der Waals surface area contributed by atoms with Gasteiger partial charge in [0.05, 0.1) is 7.11 Å². The highest BCUT2D eigenvalue weighted by atomic mass is 16.5. The minimum Gasteiger partial charge on any atom is -0.496 e. The smallest absolute Gasteiger partial charge is 0.159 e. The van der Waals surface area contributed by atoms with Crippen molar-refractivity contribution in [3.8, 4) is 5.75 Å². The predicted molar refractivity (Wildman–Crippen MR) is 82.4 cm³/mol. The molecule has 21 heavy (non-hydrogen) atoms. The largest absolute Gasteiger partial charge is 0.496 e. The van der Waals surface area contributed by atoms with E-state index in [1.165, 1.54) is 11.1 Å². The van der Waals surface area contributed by atoms with E-state index in [4.69, 9.17) is 4.74 Å². The maximum Gasteiger partial charge on any atom is 0.159 e. The highest BCUT2D eigenvalue weighted by Gasteiger charge is 2.19. The third-order valence-corrected chi connectivity index (χ3v) is 3.99. The second-order valence-electron chi connectivity index (χ2n) is 5.50. The number of ether oxygens (including phenoxy) is 1. The lowest BCUT2D eigenvalue weighted by molar-refractivity contribution is 0.101. The quantitative estimate of drug-likeness (QED) is 0.804. The second kappa shape index (κ2) is 5.70. The summed E-state index contributed by atoms with van der Waals surface area (Å²) in [6, 6.07) is 14.2. The van der Waals surface area contributed by atoms with Gasteiger partial charge >= 0.3 is 0 Å². The van der Waals surface area contributed by atoms with E-state index in [1.54, 1.807) is 14.0 Å². The summed E-state index contributed by atoms with van der Waals surface area (Å²) in [5, 5.41) is 0. The molecule has 1 aliphatic rings. The first-order valence-corrected chi connectivity index (χ1v) is 7.14. The third-order valence-electron chi connectivity index (χ3n) is 3.99. The average molecular weight is 281 g/mol. The fourth-order valence-electron chi connectivity index (χ4n) is 2.88. The van der Waals surface area contributed by atoms with Crippen molar-refractivity contribution in [3.05, 3.63) is 64.7 Å². The number of carbonyl (C=O) groups is 1. The molecule has 1 heterocycles. The second-order valence-corrected chi connectivity index (χ2v) is 5.50. The zero-order valence-electron chi connectivity index (χ0n) is 12.4. The van der Waals surface area contributed by atoms with Crippen molar-refractivity contribution in [2.75, 3.05) is 7.11 Å². The van der Waals surface area contributed by atoms with Gasteiger partial charge in [-0.2, -0.15) is 0 Å². The van der Waals surface area contributed by atoms with E-state index in [-0.39, 0.29) is 5.78 Å². The molecule has 3 nitrogen and oxygen atoms in total. The standard InChI is InChI=1S/C18H19NO2/c1-13(20)14-7-8-18(21-2)17(9-14)12-19-10-15-5-3-4-6-16(15)11-19/h3-9H,10-12H2,1-2H3. The Bertz CT molecular complexity index is 654. The summed E-state index contributed by atoms with van der Waals surface area (Å²) < 4.78 is 5.43. The van der Waals surface area contributed by atoms with E-state index >= 15 is 0 Å². The molecule has 3 heteroatoms. The molecular weight excluding hydrogens is 262 g/mol. The number of fused-ring (bicyclic) bond motifs is 1. The maximum atomic E-state index is 11.6. The molecule has 108 valence electrons. The van der Waals surface area contributed by atoms with Gasteiger partial charge in [0.25, 0.3) is 0 Å². The zero-order valence-corrected chi connectivity index (χ0v) is 12.4. The Labute approximate surface area is 125 Å². The lowest BCUT2D eigenvalue weighted by atomic mass is 10.1. The Morgan fingerprint density at radius 1 is 1.14 bits per heavy atom. The summed E-state index contributed by atoms with van der Waals surface area (Å²) in [5.74, 6) is 0.930. The van der Waals surface area contributed by atoms with Crippen LogP contribution >= 0.6 is 0 Å². The van der Waals surface area contributed by atoms with Gasteiger partial charge in [0.15, 0.2) is 5.78 Å². The Balaban J connectivity index is 1.82. The van der Waals surface area contributed by atoms with Gasteiger partial charge in [-0.05, 0) is 36.2 Å². The van der Waals surface area contributed by atoms with Crippen molar-refractivity contribution in [2.45, 2.75) is 26.6 Å². The molecule has 0 atom stereocenters. The fourth-order valence-corrected chi connectivity index (χ4v) is 2.88. The summed E-state index contributed by atoms with van der Waals surface area (Å²) in [5.41, 5.74) is 4.58. The molecule has 0 aromatic heterocycles. The number of methoxy groups -OCH3 is 1. The number of ketones is 1. The van der Waals surface area contributed by atoms with E-state index in [0.717, 1.165) is 36.5 Å². The number of nitrogens with zero attached hydrogens (tertiary/aromatic N) is 1. The molecule has 0 aliphatic carbocycles. The average Bonchev–Trinajstić information content (AvgIpc) is 2.89. The summed E-state index contributed by atoms with van der Waals surface area (Å²) in [7, 11) is 1.67. The summed E-state index contributed by atoms with van der Waals surface area (Å²) in [6.07, 6.45) is 0. The SMILES string of the molecule is COc1ccc(C(C)=O)cc1CN1Cc2ccccc2C1. The van der Waals surface area contributed by atoms with Gasteiger partial charge in [0.1, 0.15) is 5.75 Å². The Morgan fingerprint density at radius 3 is 2.38 bits per heavy atom. The van der Waals surface area contributed by atoms with E-state index < -0.39 is 0 Å². The van der Waals surface area contributed by atoms with Crippen molar-refractivity contribution in [1.82, 2.24) is 4.90 Å². The molecule has 0 spiro atoms. The molecule has 0 amide bonds. The van der Waals surface area contributed by atoms with Crippen LogP contribution in [0.15, 0.2) is 42.5 Å². The van der Waals surface area contributed by atoms with Crippen LogP contribution in [0, 0.1) is 0 Å². The van der Waals surface area contributed by atoms with Crippen LogP contribution in [0.5, 0.6) is 5.75 Å². The van der Waals surface area contributed by atoms with Crippen molar-refractivity contribution in [1.29, 1.82) is 0 Å². The molecule has 0 fully saturated rings. The van der Waals surface area contributed by atoms with Gasteiger partial charge < -0.3 is 4.74 Å². The normalized spacial score (nSPS) is 14.0. The van der Waals surface area contributed by atoms with Crippen LogP contribution in [0.3, 0.4) is 0 Å². The fraction of sp³-hybridized carbons (Fsp3) is 0.278. The monoisotopic (exact) mass is 281 g/mol. The van der Waals surface area contributed by atoms with Gasteiger partial charge in [-0.15, -0.1) is 0 Å². The molecule has 0 radical (unpaired) electrons. The number of carbonyl (C=O) groups excluding carboxylic acids is 1. The number of benzene rings is 2. The molecule has 0 bridgehead atoms. The van der Waals surface area contributed by atoms with Crippen LogP contribution in [0.4, 0.5) is 0 Å². The van der Waals surface area contributed by atoms with Crippen LogP contribution in [0.1, 0.15) is 34.0 Å². The Hall–Kier alpha value is -2.13.